The SMILES string of the molecule is c1ccc(-c2nc(-c3cccc(-c4ccc5c(c4)oc4ccccc45)c3)nc(-c3cccc4c3sc3ccccc34)n2)cc1. The van der Waals surface area contributed by atoms with Crippen LogP contribution in [-0.2, 0) is 0 Å². The lowest BCUT2D eigenvalue weighted by Crippen LogP contribution is -2.00. The van der Waals surface area contributed by atoms with Gasteiger partial charge in [0.05, 0.1) is 0 Å². The van der Waals surface area contributed by atoms with Crippen LogP contribution in [-0.4, -0.2) is 15.0 Å². The minimum Gasteiger partial charge on any atom is -0.456 e. The largest absolute Gasteiger partial charge is 0.456 e. The van der Waals surface area contributed by atoms with Crippen LogP contribution in [0, 0.1) is 0 Å². The van der Waals surface area contributed by atoms with Crippen LogP contribution in [0.1, 0.15) is 0 Å². The van der Waals surface area contributed by atoms with E-state index in [0.717, 1.165) is 49.8 Å². The minimum atomic E-state index is 0.638. The monoisotopic (exact) mass is 581 g/mol. The molecule has 0 amide bonds. The van der Waals surface area contributed by atoms with Crippen LogP contribution in [0.15, 0.2) is 144 Å². The van der Waals surface area contributed by atoms with E-state index < -0.39 is 0 Å². The van der Waals surface area contributed by atoms with E-state index in [4.69, 9.17) is 19.4 Å². The molecule has 206 valence electrons. The molecule has 0 aliphatic carbocycles. The molecule has 0 saturated heterocycles. The van der Waals surface area contributed by atoms with Crippen molar-refractivity contribution in [2.24, 2.45) is 0 Å². The highest BCUT2D eigenvalue weighted by atomic mass is 32.1. The number of thiophene rings is 1. The first-order chi connectivity index (χ1) is 21.8. The van der Waals surface area contributed by atoms with Gasteiger partial charge in [-0.3, -0.25) is 0 Å². The summed E-state index contributed by atoms with van der Waals surface area (Å²) in [7, 11) is 0. The molecule has 0 aliphatic rings. The number of aromatic nitrogens is 3. The van der Waals surface area contributed by atoms with Gasteiger partial charge in [-0.15, -0.1) is 11.3 Å². The number of fused-ring (bicyclic) bond motifs is 6. The van der Waals surface area contributed by atoms with Crippen molar-refractivity contribution >= 4 is 53.4 Å². The lowest BCUT2D eigenvalue weighted by molar-refractivity contribution is 0.669. The van der Waals surface area contributed by atoms with Gasteiger partial charge in [0.2, 0.25) is 0 Å². The molecule has 0 N–H and O–H groups in total. The molecule has 9 aromatic rings. The van der Waals surface area contributed by atoms with Crippen LogP contribution >= 0.6 is 11.3 Å². The topological polar surface area (TPSA) is 51.8 Å². The third-order valence-corrected chi connectivity index (χ3v) is 9.37. The molecular formula is C39H23N3OS. The summed E-state index contributed by atoms with van der Waals surface area (Å²) in [5, 5.41) is 4.71. The second-order valence-corrected chi connectivity index (χ2v) is 11.9. The van der Waals surface area contributed by atoms with Crippen molar-refractivity contribution in [3.05, 3.63) is 140 Å². The van der Waals surface area contributed by atoms with Gasteiger partial charge in [-0.05, 0) is 47.5 Å². The number of benzene rings is 6. The fourth-order valence-corrected chi connectivity index (χ4v) is 7.22. The maximum atomic E-state index is 6.18. The summed E-state index contributed by atoms with van der Waals surface area (Å²) in [6.07, 6.45) is 0. The van der Waals surface area contributed by atoms with Crippen LogP contribution < -0.4 is 0 Å². The van der Waals surface area contributed by atoms with Gasteiger partial charge in [0, 0.05) is 47.6 Å². The highest BCUT2D eigenvalue weighted by Crippen LogP contribution is 2.40. The van der Waals surface area contributed by atoms with Gasteiger partial charge >= 0.3 is 0 Å². The second-order valence-electron chi connectivity index (χ2n) is 10.8. The number of rotatable bonds is 4. The maximum Gasteiger partial charge on any atom is 0.165 e. The van der Waals surface area contributed by atoms with E-state index in [2.05, 4.69) is 91.0 Å². The normalized spacial score (nSPS) is 11.6. The molecule has 0 radical (unpaired) electrons. The van der Waals surface area contributed by atoms with E-state index in [0.29, 0.717) is 17.5 Å². The Hall–Kier alpha value is -5.65. The molecule has 0 saturated carbocycles. The number of para-hydroxylation sites is 1. The van der Waals surface area contributed by atoms with Gasteiger partial charge in [-0.1, -0.05) is 103 Å². The van der Waals surface area contributed by atoms with E-state index in [-0.39, 0.29) is 0 Å². The van der Waals surface area contributed by atoms with E-state index in [1.807, 2.05) is 48.5 Å². The van der Waals surface area contributed by atoms with Gasteiger partial charge in [0.25, 0.3) is 0 Å². The molecule has 3 aromatic heterocycles. The Balaban J connectivity index is 1.21. The number of furan rings is 1. The Morgan fingerprint density at radius 2 is 1.05 bits per heavy atom. The zero-order chi connectivity index (χ0) is 29.0. The first-order valence-corrected chi connectivity index (χ1v) is 15.3. The van der Waals surface area contributed by atoms with E-state index >= 15 is 0 Å². The molecular weight excluding hydrogens is 559 g/mol. The van der Waals surface area contributed by atoms with Crippen LogP contribution in [0.5, 0.6) is 0 Å². The molecule has 0 bridgehead atoms. The Bertz CT molecular complexity index is 2510. The first-order valence-electron chi connectivity index (χ1n) is 14.5. The Kier molecular flexibility index (Phi) is 5.64. The molecule has 0 aliphatic heterocycles. The van der Waals surface area contributed by atoms with E-state index in [1.54, 1.807) is 11.3 Å². The molecule has 5 heteroatoms. The smallest absolute Gasteiger partial charge is 0.165 e. The average molecular weight is 582 g/mol. The standard InChI is InChI=1S/C39H23N3OS/c1-2-10-24(11-3-1)37-40-38(42-39(41-37)32-17-9-16-31-30-15-5-7-19-35(30)44-36(31)32)27-13-8-12-25(22-27)26-20-21-29-28-14-4-6-18-33(28)43-34(29)23-26/h1-23H. The van der Waals surface area contributed by atoms with E-state index in [9.17, 15) is 0 Å². The fourth-order valence-electron chi connectivity index (χ4n) is 6.01. The highest BCUT2D eigenvalue weighted by Gasteiger charge is 2.17. The lowest BCUT2D eigenvalue weighted by atomic mass is 10.0. The van der Waals surface area contributed by atoms with Crippen molar-refractivity contribution in [1.82, 2.24) is 15.0 Å². The molecule has 44 heavy (non-hydrogen) atoms. The lowest BCUT2D eigenvalue weighted by Gasteiger charge is -2.10. The van der Waals surface area contributed by atoms with Crippen molar-refractivity contribution in [1.29, 1.82) is 0 Å². The molecule has 0 unspecified atom stereocenters. The number of nitrogens with zero attached hydrogens (tertiary/aromatic N) is 3. The van der Waals surface area contributed by atoms with Gasteiger partial charge in [0.1, 0.15) is 11.2 Å². The predicted octanol–water partition coefficient (Wildman–Crippen LogP) is 10.8. The van der Waals surface area contributed by atoms with Crippen molar-refractivity contribution in [3.63, 3.8) is 0 Å². The van der Waals surface area contributed by atoms with Gasteiger partial charge in [-0.2, -0.15) is 0 Å². The predicted molar refractivity (Wildman–Crippen MR) is 182 cm³/mol. The number of hydrogen-bond acceptors (Lipinski definition) is 5. The van der Waals surface area contributed by atoms with Gasteiger partial charge in [0.15, 0.2) is 17.5 Å². The van der Waals surface area contributed by atoms with E-state index in [1.165, 1.54) is 20.2 Å². The van der Waals surface area contributed by atoms with Crippen LogP contribution in [0.25, 0.3) is 87.4 Å². The van der Waals surface area contributed by atoms with Crippen molar-refractivity contribution < 1.29 is 4.42 Å². The van der Waals surface area contributed by atoms with Gasteiger partial charge in [-0.25, -0.2) is 15.0 Å². The summed E-state index contributed by atoms with van der Waals surface area (Å²) >= 11 is 1.78. The molecule has 3 heterocycles. The zero-order valence-corrected chi connectivity index (χ0v) is 24.3. The Morgan fingerprint density at radius 1 is 0.409 bits per heavy atom. The molecule has 4 nitrogen and oxygen atoms in total. The maximum absolute atomic E-state index is 6.18. The van der Waals surface area contributed by atoms with Crippen LogP contribution in [0.3, 0.4) is 0 Å². The summed E-state index contributed by atoms with van der Waals surface area (Å²) in [6, 6.07) is 48.0. The second kappa shape index (κ2) is 9.97. The summed E-state index contributed by atoms with van der Waals surface area (Å²) in [4.78, 5) is 15.1. The quantitative estimate of drug-likeness (QED) is 0.207. The fraction of sp³-hybridized carbons (Fsp3) is 0. The van der Waals surface area contributed by atoms with Crippen molar-refractivity contribution in [2.75, 3.05) is 0 Å². The van der Waals surface area contributed by atoms with Gasteiger partial charge < -0.3 is 4.42 Å². The summed E-state index contributed by atoms with van der Waals surface area (Å²) < 4.78 is 8.61. The van der Waals surface area contributed by atoms with Crippen molar-refractivity contribution in [2.45, 2.75) is 0 Å². The highest BCUT2D eigenvalue weighted by molar-refractivity contribution is 7.26. The molecule has 6 aromatic carbocycles. The Labute approximate surface area is 256 Å². The summed E-state index contributed by atoms with van der Waals surface area (Å²) in [5.74, 6) is 1.96. The average Bonchev–Trinajstić information content (AvgIpc) is 3.66. The molecule has 0 spiro atoms. The first kappa shape index (κ1) is 24.9. The molecule has 0 fully saturated rings. The minimum absolute atomic E-state index is 0.638. The third kappa shape index (κ3) is 4.09. The van der Waals surface area contributed by atoms with Crippen molar-refractivity contribution in [3.8, 4) is 45.3 Å². The summed E-state index contributed by atoms with van der Waals surface area (Å²) in [5.41, 5.74) is 6.80. The third-order valence-electron chi connectivity index (χ3n) is 8.15. The van der Waals surface area contributed by atoms with Crippen LogP contribution in [0.2, 0.25) is 0 Å². The summed E-state index contributed by atoms with van der Waals surface area (Å²) in [6.45, 7) is 0. The van der Waals surface area contributed by atoms with Crippen LogP contribution in [0.4, 0.5) is 0 Å². The zero-order valence-electron chi connectivity index (χ0n) is 23.4. The molecule has 0 atom stereocenters. The Morgan fingerprint density at radius 3 is 1.95 bits per heavy atom. The molecule has 9 rings (SSSR count). The number of hydrogen-bond donors (Lipinski definition) is 0.